The fourth-order valence-electron chi connectivity index (χ4n) is 1.68. The van der Waals surface area contributed by atoms with E-state index in [2.05, 4.69) is 19.0 Å². The number of hydrogen-bond donors (Lipinski definition) is 1. The van der Waals surface area contributed by atoms with Gasteiger partial charge in [0.1, 0.15) is 18.1 Å². The van der Waals surface area contributed by atoms with Gasteiger partial charge >= 0.3 is 0 Å². The molecule has 0 bridgehead atoms. The number of nitrogens with zero attached hydrogens (tertiary/aromatic N) is 1. The van der Waals surface area contributed by atoms with Crippen molar-refractivity contribution in [2.75, 3.05) is 20.7 Å². The van der Waals surface area contributed by atoms with Crippen molar-refractivity contribution in [3.05, 3.63) is 23.8 Å². The van der Waals surface area contributed by atoms with E-state index in [9.17, 15) is 5.11 Å². The van der Waals surface area contributed by atoms with Crippen molar-refractivity contribution in [2.24, 2.45) is 0 Å². The third-order valence-electron chi connectivity index (χ3n) is 2.67. The van der Waals surface area contributed by atoms with E-state index in [0.29, 0.717) is 12.6 Å². The first-order valence-electron chi connectivity index (χ1n) is 4.78. The quantitative estimate of drug-likeness (QED) is 0.728. The molecule has 3 heteroatoms. The average molecular weight is 193 g/mol. The molecule has 1 unspecified atom stereocenters. The Morgan fingerprint density at radius 2 is 2.21 bits per heavy atom. The van der Waals surface area contributed by atoms with Crippen molar-refractivity contribution < 1.29 is 9.84 Å². The summed E-state index contributed by atoms with van der Waals surface area (Å²) in [4.78, 5) is 2.16. The van der Waals surface area contributed by atoms with Crippen LogP contribution in [0, 0.1) is 0 Å². The van der Waals surface area contributed by atoms with E-state index in [1.54, 1.807) is 12.1 Å². The summed E-state index contributed by atoms with van der Waals surface area (Å²) in [5.41, 5.74) is 1.17. The molecule has 0 radical (unpaired) electrons. The Kier molecular flexibility index (Phi) is 2.33. The molecule has 0 aromatic heterocycles. The van der Waals surface area contributed by atoms with Gasteiger partial charge in [-0.1, -0.05) is 6.07 Å². The molecule has 0 amide bonds. The summed E-state index contributed by atoms with van der Waals surface area (Å²) >= 11 is 0. The summed E-state index contributed by atoms with van der Waals surface area (Å²) in [5.74, 6) is 1.09. The first-order valence-corrected chi connectivity index (χ1v) is 4.78. The van der Waals surface area contributed by atoms with Crippen molar-refractivity contribution in [1.82, 2.24) is 4.90 Å². The van der Waals surface area contributed by atoms with E-state index in [4.69, 9.17) is 4.74 Å². The summed E-state index contributed by atoms with van der Waals surface area (Å²) in [5, 5.41) is 9.27. The number of benzene rings is 1. The molecule has 1 aromatic rings. The van der Waals surface area contributed by atoms with E-state index >= 15 is 0 Å². The molecule has 1 atom stereocenters. The van der Waals surface area contributed by atoms with E-state index in [1.807, 2.05) is 6.07 Å². The molecule has 0 aliphatic carbocycles. The minimum absolute atomic E-state index is 0.270. The largest absolute Gasteiger partial charge is 0.508 e. The van der Waals surface area contributed by atoms with Gasteiger partial charge in [0.25, 0.3) is 0 Å². The van der Waals surface area contributed by atoms with Crippen LogP contribution in [0.1, 0.15) is 5.56 Å². The number of fused-ring (bicyclic) bond motifs is 1. The van der Waals surface area contributed by atoms with Gasteiger partial charge in [-0.2, -0.15) is 0 Å². The molecule has 1 N–H and O–H groups in total. The maximum Gasteiger partial charge on any atom is 0.126 e. The van der Waals surface area contributed by atoms with Gasteiger partial charge in [0, 0.05) is 12.1 Å². The highest BCUT2D eigenvalue weighted by Gasteiger charge is 2.21. The number of rotatable bonds is 1. The lowest BCUT2D eigenvalue weighted by molar-refractivity contribution is 0.164. The van der Waals surface area contributed by atoms with Crippen LogP contribution >= 0.6 is 0 Å². The molecule has 14 heavy (non-hydrogen) atoms. The zero-order valence-electron chi connectivity index (χ0n) is 8.53. The summed E-state index contributed by atoms with van der Waals surface area (Å²) in [7, 11) is 4.11. The Morgan fingerprint density at radius 1 is 1.43 bits per heavy atom. The van der Waals surface area contributed by atoms with Crippen molar-refractivity contribution >= 4 is 0 Å². The number of hydrogen-bond acceptors (Lipinski definition) is 3. The first-order chi connectivity index (χ1) is 6.66. The van der Waals surface area contributed by atoms with Crippen molar-refractivity contribution in [3.63, 3.8) is 0 Å². The molecule has 1 heterocycles. The van der Waals surface area contributed by atoms with Gasteiger partial charge in [0.05, 0.1) is 0 Å². The predicted molar refractivity (Wildman–Crippen MR) is 54.8 cm³/mol. The van der Waals surface area contributed by atoms with Crippen LogP contribution in [-0.4, -0.2) is 36.8 Å². The molecule has 2 rings (SSSR count). The SMILES string of the molecule is CN(C)C1COc2cc(O)ccc2C1. The van der Waals surface area contributed by atoms with Gasteiger partial charge in [-0.05, 0) is 32.1 Å². The summed E-state index contributed by atoms with van der Waals surface area (Å²) in [6.45, 7) is 0.698. The molecular formula is C11H15NO2. The van der Waals surface area contributed by atoms with E-state index in [1.165, 1.54) is 5.56 Å². The molecular weight excluding hydrogens is 178 g/mol. The van der Waals surface area contributed by atoms with Crippen LogP contribution in [0.2, 0.25) is 0 Å². The molecule has 0 saturated heterocycles. The Bertz CT molecular complexity index is 336. The highest BCUT2D eigenvalue weighted by atomic mass is 16.5. The molecule has 1 aliphatic heterocycles. The number of phenolic OH excluding ortho intramolecular Hbond substituents is 1. The van der Waals surface area contributed by atoms with Crippen LogP contribution in [0.4, 0.5) is 0 Å². The van der Waals surface area contributed by atoms with Crippen LogP contribution in [0.15, 0.2) is 18.2 Å². The minimum Gasteiger partial charge on any atom is -0.508 e. The Hall–Kier alpha value is -1.22. The van der Waals surface area contributed by atoms with E-state index in [0.717, 1.165) is 12.2 Å². The zero-order valence-corrected chi connectivity index (χ0v) is 8.53. The van der Waals surface area contributed by atoms with Gasteiger partial charge in [-0.25, -0.2) is 0 Å². The minimum atomic E-state index is 0.270. The predicted octanol–water partition coefficient (Wildman–Crippen LogP) is 1.26. The highest BCUT2D eigenvalue weighted by molar-refractivity contribution is 5.41. The third-order valence-corrected chi connectivity index (χ3v) is 2.67. The van der Waals surface area contributed by atoms with Gasteiger partial charge in [0.2, 0.25) is 0 Å². The third kappa shape index (κ3) is 1.68. The number of aromatic hydroxyl groups is 1. The zero-order chi connectivity index (χ0) is 10.1. The summed E-state index contributed by atoms with van der Waals surface area (Å²) in [6.07, 6.45) is 0.989. The number of likely N-dealkylation sites (N-methyl/N-ethyl adjacent to an activating group) is 1. The average Bonchev–Trinajstić information content (AvgIpc) is 2.16. The van der Waals surface area contributed by atoms with Crippen molar-refractivity contribution in [3.8, 4) is 11.5 Å². The molecule has 0 spiro atoms. The van der Waals surface area contributed by atoms with Crippen LogP contribution in [0.5, 0.6) is 11.5 Å². The van der Waals surface area contributed by atoms with E-state index in [-0.39, 0.29) is 5.75 Å². The van der Waals surface area contributed by atoms with Gasteiger partial charge in [-0.3, -0.25) is 0 Å². The second-order valence-electron chi connectivity index (χ2n) is 3.92. The second-order valence-corrected chi connectivity index (χ2v) is 3.92. The van der Waals surface area contributed by atoms with Crippen LogP contribution in [0.25, 0.3) is 0 Å². The molecule has 0 fully saturated rings. The fourth-order valence-corrected chi connectivity index (χ4v) is 1.68. The fraction of sp³-hybridized carbons (Fsp3) is 0.455. The Morgan fingerprint density at radius 3 is 2.93 bits per heavy atom. The molecule has 0 saturated carbocycles. The maximum absolute atomic E-state index is 9.27. The normalized spacial score (nSPS) is 20.4. The van der Waals surface area contributed by atoms with Gasteiger partial charge in [-0.15, -0.1) is 0 Å². The summed E-state index contributed by atoms with van der Waals surface area (Å²) < 4.78 is 5.58. The monoisotopic (exact) mass is 193 g/mol. The highest BCUT2D eigenvalue weighted by Crippen LogP contribution is 2.29. The molecule has 3 nitrogen and oxygen atoms in total. The summed E-state index contributed by atoms with van der Waals surface area (Å²) in [6, 6.07) is 5.76. The second kappa shape index (κ2) is 3.50. The van der Waals surface area contributed by atoms with Gasteiger partial charge < -0.3 is 14.7 Å². The lowest BCUT2D eigenvalue weighted by Crippen LogP contribution is -2.38. The van der Waals surface area contributed by atoms with Crippen LogP contribution in [0.3, 0.4) is 0 Å². The topological polar surface area (TPSA) is 32.7 Å². The smallest absolute Gasteiger partial charge is 0.126 e. The molecule has 1 aliphatic rings. The van der Waals surface area contributed by atoms with Crippen LogP contribution < -0.4 is 4.74 Å². The lowest BCUT2D eigenvalue weighted by Gasteiger charge is -2.29. The molecule has 1 aromatic carbocycles. The standard InChI is InChI=1S/C11H15NO2/c1-12(2)9-5-8-3-4-10(13)6-11(8)14-7-9/h3-4,6,9,13H,5,7H2,1-2H3. The molecule has 76 valence electrons. The van der Waals surface area contributed by atoms with Crippen LogP contribution in [-0.2, 0) is 6.42 Å². The van der Waals surface area contributed by atoms with Crippen molar-refractivity contribution in [1.29, 1.82) is 0 Å². The lowest BCUT2D eigenvalue weighted by atomic mass is 10.0. The Balaban J connectivity index is 2.23. The maximum atomic E-state index is 9.27. The van der Waals surface area contributed by atoms with E-state index < -0.39 is 0 Å². The number of ether oxygens (including phenoxy) is 1. The first kappa shape index (κ1) is 9.34. The van der Waals surface area contributed by atoms with Crippen molar-refractivity contribution in [2.45, 2.75) is 12.5 Å². The number of phenols is 1. The Labute approximate surface area is 83.9 Å². The van der Waals surface area contributed by atoms with Gasteiger partial charge in [0.15, 0.2) is 0 Å².